The Balaban J connectivity index is 1.30. The molecule has 0 bridgehead atoms. The lowest BCUT2D eigenvalue weighted by atomic mass is 10.1. The number of benzene rings is 2. The van der Waals surface area contributed by atoms with Crippen LogP contribution in [-0.2, 0) is 17.8 Å². The highest BCUT2D eigenvalue weighted by atomic mass is 16.2. The van der Waals surface area contributed by atoms with Gasteiger partial charge in [-0.3, -0.25) is 14.5 Å². The van der Waals surface area contributed by atoms with Crippen LogP contribution < -0.4 is 5.56 Å². The molecule has 2 aromatic carbocycles. The number of piperazine rings is 1. The Kier molecular flexibility index (Phi) is 5.48. The number of H-pyrrole nitrogens is 1. The topological polar surface area (TPSA) is 69.3 Å². The number of nitrogens with zero attached hydrogens (tertiary/aromatic N) is 3. The summed E-state index contributed by atoms with van der Waals surface area (Å²) in [5.74, 6) is 0.883. The summed E-state index contributed by atoms with van der Waals surface area (Å²) >= 11 is 0. The number of amides is 1. The first kappa shape index (κ1) is 18.4. The highest BCUT2D eigenvalue weighted by molar-refractivity contribution is 5.77. The molecule has 4 rings (SSSR count). The van der Waals surface area contributed by atoms with Crippen molar-refractivity contribution >= 4 is 16.8 Å². The van der Waals surface area contributed by atoms with E-state index in [4.69, 9.17) is 0 Å². The van der Waals surface area contributed by atoms with E-state index in [9.17, 15) is 9.59 Å². The van der Waals surface area contributed by atoms with Crippen LogP contribution in [0, 0.1) is 0 Å². The third-order valence-electron chi connectivity index (χ3n) is 5.23. The molecule has 1 aliphatic rings. The summed E-state index contributed by atoms with van der Waals surface area (Å²) in [6.07, 6.45) is 1.33. The molecule has 144 valence electrons. The zero-order chi connectivity index (χ0) is 19.3. The van der Waals surface area contributed by atoms with Crippen LogP contribution in [0.5, 0.6) is 0 Å². The number of hydrogen-bond acceptors (Lipinski definition) is 4. The normalized spacial score (nSPS) is 15.1. The Labute approximate surface area is 163 Å². The van der Waals surface area contributed by atoms with Crippen LogP contribution in [0.15, 0.2) is 59.4 Å². The summed E-state index contributed by atoms with van der Waals surface area (Å²) in [6.45, 7) is 3.59. The molecule has 0 spiro atoms. The van der Waals surface area contributed by atoms with E-state index in [0.29, 0.717) is 37.3 Å². The van der Waals surface area contributed by atoms with Crippen LogP contribution in [0.1, 0.15) is 17.8 Å². The molecule has 0 saturated carbocycles. The van der Waals surface area contributed by atoms with Gasteiger partial charge in [-0.1, -0.05) is 42.5 Å². The number of nitrogens with one attached hydrogen (secondary N) is 1. The predicted molar refractivity (Wildman–Crippen MR) is 109 cm³/mol. The van der Waals surface area contributed by atoms with E-state index in [0.717, 1.165) is 25.0 Å². The fourth-order valence-electron chi connectivity index (χ4n) is 3.63. The Morgan fingerprint density at radius 3 is 2.46 bits per heavy atom. The van der Waals surface area contributed by atoms with Gasteiger partial charge in [0.1, 0.15) is 5.82 Å². The quantitative estimate of drug-likeness (QED) is 0.741. The number of carbonyl (C=O) groups excluding carboxylic acids is 1. The number of aryl methyl sites for hydroxylation is 1. The van der Waals surface area contributed by atoms with Gasteiger partial charge in [0, 0.05) is 32.6 Å². The molecular weight excluding hydrogens is 352 g/mol. The Bertz CT molecular complexity index is 1010. The predicted octanol–water partition coefficient (Wildman–Crippen LogP) is 2.20. The number of aromatic amines is 1. The Hall–Kier alpha value is -2.99. The zero-order valence-electron chi connectivity index (χ0n) is 15.8. The average molecular weight is 376 g/mol. The first-order chi connectivity index (χ1) is 13.7. The van der Waals surface area contributed by atoms with E-state index >= 15 is 0 Å². The number of aromatic nitrogens is 2. The lowest BCUT2D eigenvalue weighted by Crippen LogP contribution is -2.48. The lowest BCUT2D eigenvalue weighted by molar-refractivity contribution is -0.133. The van der Waals surface area contributed by atoms with Gasteiger partial charge < -0.3 is 9.88 Å². The summed E-state index contributed by atoms with van der Waals surface area (Å²) in [4.78, 5) is 36.3. The van der Waals surface area contributed by atoms with Gasteiger partial charge in [0.05, 0.1) is 17.4 Å². The van der Waals surface area contributed by atoms with E-state index in [1.54, 1.807) is 6.07 Å². The molecule has 28 heavy (non-hydrogen) atoms. The molecule has 1 aromatic heterocycles. The molecular formula is C22H24N4O2. The zero-order valence-corrected chi connectivity index (χ0v) is 15.8. The summed E-state index contributed by atoms with van der Waals surface area (Å²) in [5.41, 5.74) is 1.81. The van der Waals surface area contributed by atoms with E-state index in [1.807, 2.05) is 41.3 Å². The molecule has 6 heteroatoms. The maximum absolute atomic E-state index is 12.5. The molecule has 1 aliphatic heterocycles. The summed E-state index contributed by atoms with van der Waals surface area (Å²) < 4.78 is 0. The van der Waals surface area contributed by atoms with Crippen molar-refractivity contribution < 1.29 is 4.79 Å². The van der Waals surface area contributed by atoms with Gasteiger partial charge in [0.2, 0.25) is 5.91 Å². The summed E-state index contributed by atoms with van der Waals surface area (Å²) in [7, 11) is 0. The summed E-state index contributed by atoms with van der Waals surface area (Å²) in [6, 6.07) is 17.5. The van der Waals surface area contributed by atoms with E-state index < -0.39 is 0 Å². The van der Waals surface area contributed by atoms with E-state index in [1.165, 1.54) is 5.56 Å². The van der Waals surface area contributed by atoms with Crippen LogP contribution in [-0.4, -0.2) is 51.9 Å². The Morgan fingerprint density at radius 2 is 1.68 bits per heavy atom. The van der Waals surface area contributed by atoms with Crippen molar-refractivity contribution in [1.29, 1.82) is 0 Å². The largest absolute Gasteiger partial charge is 0.340 e. The lowest BCUT2D eigenvalue weighted by Gasteiger charge is -2.34. The second-order valence-electron chi connectivity index (χ2n) is 7.17. The monoisotopic (exact) mass is 376 g/mol. The first-order valence-corrected chi connectivity index (χ1v) is 9.71. The van der Waals surface area contributed by atoms with Gasteiger partial charge in [-0.05, 0) is 24.1 Å². The van der Waals surface area contributed by atoms with Crippen LogP contribution in [0.2, 0.25) is 0 Å². The van der Waals surface area contributed by atoms with Gasteiger partial charge in [0.25, 0.3) is 5.56 Å². The summed E-state index contributed by atoms with van der Waals surface area (Å²) in [5, 5.41) is 0.611. The number of para-hydroxylation sites is 1. The van der Waals surface area contributed by atoms with E-state index in [-0.39, 0.29) is 11.5 Å². The van der Waals surface area contributed by atoms with Gasteiger partial charge in [0.15, 0.2) is 0 Å². The minimum absolute atomic E-state index is 0.102. The average Bonchev–Trinajstić information content (AvgIpc) is 2.73. The fourth-order valence-corrected chi connectivity index (χ4v) is 3.63. The van der Waals surface area contributed by atoms with Crippen LogP contribution in [0.25, 0.3) is 10.9 Å². The molecule has 0 aliphatic carbocycles. The number of carbonyl (C=O) groups is 1. The highest BCUT2D eigenvalue weighted by Crippen LogP contribution is 2.11. The standard InChI is InChI=1S/C22H24N4O2/c27-21(11-10-17-6-2-1-3-7-17)26-14-12-25(13-15-26)16-20-23-19-9-5-4-8-18(19)22(28)24-20/h1-9H,10-16H2,(H,23,24,28). The Morgan fingerprint density at radius 1 is 0.964 bits per heavy atom. The van der Waals surface area contributed by atoms with Crippen molar-refractivity contribution in [3.63, 3.8) is 0 Å². The SMILES string of the molecule is O=C(CCc1ccccc1)N1CCN(Cc2nc3ccccc3c(=O)[nH]2)CC1. The van der Waals surface area contributed by atoms with Gasteiger partial charge in [-0.2, -0.15) is 0 Å². The molecule has 1 saturated heterocycles. The van der Waals surface area contributed by atoms with Gasteiger partial charge in [-0.25, -0.2) is 4.98 Å². The van der Waals surface area contributed by atoms with Crippen LogP contribution >= 0.6 is 0 Å². The molecule has 0 unspecified atom stereocenters. The third kappa shape index (κ3) is 4.28. The van der Waals surface area contributed by atoms with Gasteiger partial charge in [-0.15, -0.1) is 0 Å². The van der Waals surface area contributed by atoms with Crippen LogP contribution in [0.3, 0.4) is 0 Å². The second-order valence-corrected chi connectivity index (χ2v) is 7.17. The van der Waals surface area contributed by atoms with Gasteiger partial charge >= 0.3 is 0 Å². The van der Waals surface area contributed by atoms with Crippen molar-refractivity contribution in [2.45, 2.75) is 19.4 Å². The fraction of sp³-hybridized carbons (Fsp3) is 0.318. The molecule has 6 nitrogen and oxygen atoms in total. The first-order valence-electron chi connectivity index (χ1n) is 9.71. The smallest absolute Gasteiger partial charge is 0.258 e. The maximum atomic E-state index is 12.5. The minimum atomic E-state index is -0.102. The maximum Gasteiger partial charge on any atom is 0.258 e. The van der Waals surface area contributed by atoms with Crippen molar-refractivity contribution in [3.8, 4) is 0 Å². The van der Waals surface area contributed by atoms with Crippen molar-refractivity contribution in [1.82, 2.24) is 19.8 Å². The molecule has 3 aromatic rings. The van der Waals surface area contributed by atoms with Crippen LogP contribution in [0.4, 0.5) is 0 Å². The van der Waals surface area contributed by atoms with E-state index in [2.05, 4.69) is 27.0 Å². The molecule has 0 atom stereocenters. The third-order valence-corrected chi connectivity index (χ3v) is 5.23. The number of rotatable bonds is 5. The molecule has 1 N–H and O–H groups in total. The minimum Gasteiger partial charge on any atom is -0.340 e. The molecule has 1 amide bonds. The van der Waals surface area contributed by atoms with Crippen molar-refractivity contribution in [2.75, 3.05) is 26.2 Å². The van der Waals surface area contributed by atoms with Crippen molar-refractivity contribution in [2.24, 2.45) is 0 Å². The molecule has 2 heterocycles. The molecule has 0 radical (unpaired) electrons. The van der Waals surface area contributed by atoms with Crippen molar-refractivity contribution in [3.05, 3.63) is 76.3 Å². The highest BCUT2D eigenvalue weighted by Gasteiger charge is 2.21. The second kappa shape index (κ2) is 8.35. The number of fused-ring (bicyclic) bond motifs is 1. The number of hydrogen-bond donors (Lipinski definition) is 1. The molecule has 1 fully saturated rings.